The van der Waals surface area contributed by atoms with Crippen molar-refractivity contribution in [2.45, 2.75) is 33.7 Å². The van der Waals surface area contributed by atoms with Crippen LogP contribution in [0, 0.1) is 11.8 Å². The van der Waals surface area contributed by atoms with Crippen LogP contribution in [0.4, 0.5) is 0 Å². The summed E-state index contributed by atoms with van der Waals surface area (Å²) < 4.78 is 0. The smallest absolute Gasteiger partial charge is 0.178 e. The highest BCUT2D eigenvalue weighted by Gasteiger charge is 2.21. The number of nitrogens with zero attached hydrogens (tertiary/aromatic N) is 3. The second-order valence-electron chi connectivity index (χ2n) is 6.41. The van der Waals surface area contributed by atoms with Gasteiger partial charge in [0.1, 0.15) is 11.4 Å². The summed E-state index contributed by atoms with van der Waals surface area (Å²) in [6.07, 6.45) is 4.56. The number of nitroso groups, excluding NO2 is 1. The fourth-order valence-corrected chi connectivity index (χ4v) is 3.03. The fraction of sp³-hybridized carbons (Fsp3) is 0.429. The lowest BCUT2D eigenvalue weighted by Crippen LogP contribution is -2.21. The monoisotopic (exact) mass is 387 g/mol. The Labute approximate surface area is 166 Å². The predicted octanol–water partition coefficient (Wildman–Crippen LogP) is 4.76. The minimum absolute atomic E-state index is 0.158. The molecule has 1 aromatic rings. The molecular weight excluding hydrogens is 358 g/mol. The number of allylic oxidation sites excluding steroid dienone is 2. The van der Waals surface area contributed by atoms with E-state index in [1.807, 2.05) is 38.3 Å². The average molecular weight is 388 g/mol. The van der Waals surface area contributed by atoms with E-state index in [0.717, 1.165) is 11.3 Å². The molecule has 1 aromatic carbocycles. The first-order valence-electron chi connectivity index (χ1n) is 8.90. The molecule has 0 N–H and O–H groups in total. The zero-order chi connectivity index (χ0) is 20.4. The number of ketones is 1. The number of hydrogen-bond acceptors (Lipinski definition) is 6. The van der Waals surface area contributed by atoms with Gasteiger partial charge in [-0.1, -0.05) is 42.8 Å². The molecule has 0 radical (unpaired) electrons. The fourth-order valence-electron chi connectivity index (χ4n) is 2.70. The van der Waals surface area contributed by atoms with Gasteiger partial charge in [-0.15, -0.1) is 4.91 Å². The third-order valence-corrected chi connectivity index (χ3v) is 4.52. The highest BCUT2D eigenvalue weighted by atomic mass is 32.2. The molecule has 0 aromatic heterocycles. The lowest BCUT2D eigenvalue weighted by atomic mass is 10.0. The molecule has 146 valence electrons. The van der Waals surface area contributed by atoms with Gasteiger partial charge >= 0.3 is 0 Å². The third kappa shape index (κ3) is 6.79. The maximum absolute atomic E-state index is 12.1. The van der Waals surface area contributed by atoms with Crippen LogP contribution in [0.3, 0.4) is 0 Å². The Balaban J connectivity index is 3.42. The first-order chi connectivity index (χ1) is 12.8. The van der Waals surface area contributed by atoms with Gasteiger partial charge in [-0.05, 0) is 30.3 Å². The molecule has 0 spiro atoms. The van der Waals surface area contributed by atoms with Gasteiger partial charge in [0.15, 0.2) is 5.78 Å². The van der Waals surface area contributed by atoms with Gasteiger partial charge in [-0.3, -0.25) is 9.79 Å². The number of carbonyl (C=O) groups excluding carboxylic acids is 1. The van der Waals surface area contributed by atoms with Crippen LogP contribution in [-0.2, 0) is 11.3 Å². The Morgan fingerprint density at radius 1 is 1.22 bits per heavy atom. The Bertz CT molecular complexity index is 747. The second-order valence-corrected chi connectivity index (χ2v) is 7.33. The van der Waals surface area contributed by atoms with Crippen LogP contribution >= 0.6 is 11.8 Å². The molecule has 0 amide bonds. The summed E-state index contributed by atoms with van der Waals surface area (Å²) in [5.74, 6) is 0.509. The molecule has 5 nitrogen and oxygen atoms in total. The number of aliphatic imine (C=N–C) groups is 1. The van der Waals surface area contributed by atoms with Crippen LogP contribution in [0.2, 0.25) is 0 Å². The standard InChI is InChI=1S/C21H29N3O2S/c1-7-19(22-14-17-10-8-15(2)9-11-17)18(12-13-27-6)20(23-26)21(16(3)25)24(4)5/h8-12H,7,13-14H2,1-6H3/b18-12+,21-20+,22-19-. The van der Waals surface area contributed by atoms with E-state index in [1.54, 1.807) is 30.8 Å². The first-order valence-corrected chi connectivity index (χ1v) is 10.3. The molecule has 0 saturated carbocycles. The molecule has 1 rings (SSSR count). The van der Waals surface area contributed by atoms with Gasteiger partial charge < -0.3 is 4.90 Å². The molecule has 0 atom stereocenters. The van der Waals surface area contributed by atoms with Crippen LogP contribution in [-0.4, -0.2) is 42.5 Å². The lowest BCUT2D eigenvalue weighted by Gasteiger charge is -2.18. The number of rotatable bonds is 10. The van der Waals surface area contributed by atoms with Crippen molar-refractivity contribution in [1.29, 1.82) is 0 Å². The largest absolute Gasteiger partial charge is 0.373 e. The normalized spacial score (nSPS) is 13.3. The number of carbonyl (C=O) groups is 1. The average Bonchev–Trinajstić information content (AvgIpc) is 2.63. The summed E-state index contributed by atoms with van der Waals surface area (Å²) in [7, 11) is 3.48. The van der Waals surface area contributed by atoms with E-state index in [2.05, 4.69) is 17.3 Å². The van der Waals surface area contributed by atoms with E-state index in [4.69, 9.17) is 4.99 Å². The van der Waals surface area contributed by atoms with E-state index in [0.29, 0.717) is 30.0 Å². The van der Waals surface area contributed by atoms with E-state index in [9.17, 15) is 9.70 Å². The van der Waals surface area contributed by atoms with E-state index < -0.39 is 0 Å². The van der Waals surface area contributed by atoms with Gasteiger partial charge in [-0.2, -0.15) is 11.8 Å². The number of aryl methyl sites for hydroxylation is 1. The topological polar surface area (TPSA) is 62.1 Å². The molecule has 0 aliphatic carbocycles. The summed E-state index contributed by atoms with van der Waals surface area (Å²) >= 11 is 1.63. The number of Topliss-reactive ketones (excluding diaryl/α,β-unsaturated/α-hetero) is 1. The summed E-state index contributed by atoms with van der Waals surface area (Å²) in [6, 6.07) is 8.21. The molecule has 0 aliphatic heterocycles. The Hall–Kier alpha value is -2.21. The highest BCUT2D eigenvalue weighted by molar-refractivity contribution is 7.98. The zero-order valence-corrected chi connectivity index (χ0v) is 17.9. The minimum atomic E-state index is -0.196. The van der Waals surface area contributed by atoms with Crippen LogP contribution < -0.4 is 0 Å². The molecule has 6 heteroatoms. The molecule has 0 unspecified atom stereocenters. The van der Waals surface area contributed by atoms with Gasteiger partial charge in [0.2, 0.25) is 0 Å². The first kappa shape index (κ1) is 22.8. The van der Waals surface area contributed by atoms with Crippen LogP contribution in [0.1, 0.15) is 31.4 Å². The summed E-state index contributed by atoms with van der Waals surface area (Å²) in [6.45, 7) is 6.00. The molecule has 0 heterocycles. The molecule has 0 aliphatic rings. The Morgan fingerprint density at radius 3 is 2.30 bits per heavy atom. The maximum atomic E-state index is 12.1. The van der Waals surface area contributed by atoms with E-state index >= 15 is 0 Å². The molecule has 0 saturated heterocycles. The van der Waals surface area contributed by atoms with Crippen molar-refractivity contribution in [3.05, 3.63) is 63.3 Å². The third-order valence-electron chi connectivity index (χ3n) is 4.02. The SMILES string of the molecule is CCC(=N/Cc1ccc(C)cc1)/C(=C\CSC)C(/N=O)=C(/C(C)=O)N(C)C. The van der Waals surface area contributed by atoms with E-state index in [-0.39, 0.29) is 11.5 Å². The quantitative estimate of drug-likeness (QED) is 0.251. The summed E-state index contributed by atoms with van der Waals surface area (Å²) in [5, 5.41) is 3.23. The van der Waals surface area contributed by atoms with Crippen molar-refractivity contribution in [3.8, 4) is 0 Å². The Morgan fingerprint density at radius 2 is 1.85 bits per heavy atom. The van der Waals surface area contributed by atoms with Crippen molar-refractivity contribution in [2.75, 3.05) is 26.1 Å². The van der Waals surface area contributed by atoms with Gasteiger partial charge in [0.05, 0.1) is 6.54 Å². The Kier molecular flexibility index (Phi) is 9.72. The molecular formula is C21H29N3O2S. The zero-order valence-electron chi connectivity index (χ0n) is 17.1. The second kappa shape index (κ2) is 11.5. The lowest BCUT2D eigenvalue weighted by molar-refractivity contribution is -0.114. The number of hydrogen-bond donors (Lipinski definition) is 0. The van der Waals surface area contributed by atoms with Crippen LogP contribution in [0.25, 0.3) is 0 Å². The number of benzene rings is 1. The molecule has 0 fully saturated rings. The van der Waals surface area contributed by atoms with Crippen LogP contribution in [0.15, 0.2) is 57.5 Å². The van der Waals surface area contributed by atoms with Crippen molar-refractivity contribution in [1.82, 2.24) is 4.90 Å². The highest BCUT2D eigenvalue weighted by Crippen LogP contribution is 2.23. The van der Waals surface area contributed by atoms with Gasteiger partial charge in [0.25, 0.3) is 0 Å². The number of thioether (sulfide) groups is 1. The number of likely N-dealkylation sites (N-methyl/N-ethyl adjacent to an activating group) is 1. The van der Waals surface area contributed by atoms with E-state index in [1.165, 1.54) is 12.5 Å². The van der Waals surface area contributed by atoms with Crippen molar-refractivity contribution < 1.29 is 4.79 Å². The van der Waals surface area contributed by atoms with Gasteiger partial charge in [0, 0.05) is 38.1 Å². The van der Waals surface area contributed by atoms with Crippen molar-refractivity contribution >= 4 is 23.3 Å². The van der Waals surface area contributed by atoms with Crippen molar-refractivity contribution in [2.24, 2.45) is 10.2 Å². The minimum Gasteiger partial charge on any atom is -0.373 e. The predicted molar refractivity (Wildman–Crippen MR) is 116 cm³/mol. The summed E-state index contributed by atoms with van der Waals surface area (Å²) in [4.78, 5) is 30.2. The van der Waals surface area contributed by atoms with Gasteiger partial charge in [-0.25, -0.2) is 0 Å². The maximum Gasteiger partial charge on any atom is 0.178 e. The summed E-state index contributed by atoms with van der Waals surface area (Å²) in [5.41, 5.74) is 4.18. The van der Waals surface area contributed by atoms with Crippen molar-refractivity contribution in [3.63, 3.8) is 0 Å². The van der Waals surface area contributed by atoms with Crippen LogP contribution in [0.5, 0.6) is 0 Å². The molecule has 0 bridgehead atoms. The molecule has 27 heavy (non-hydrogen) atoms.